The fourth-order valence-electron chi connectivity index (χ4n) is 3.02. The van der Waals surface area contributed by atoms with Crippen LogP contribution in [0.3, 0.4) is 0 Å². The Morgan fingerprint density at radius 1 is 1.37 bits per heavy atom. The van der Waals surface area contributed by atoms with Crippen molar-refractivity contribution in [2.75, 3.05) is 6.54 Å². The molecule has 1 aromatic carbocycles. The molecule has 1 heterocycles. The molecule has 0 aliphatic carbocycles. The maximum absolute atomic E-state index is 13.9. The number of halogens is 1. The van der Waals surface area contributed by atoms with Gasteiger partial charge in [0.2, 0.25) is 0 Å². The third kappa shape index (κ3) is 3.77. The van der Waals surface area contributed by atoms with Crippen LogP contribution in [0.1, 0.15) is 50.2 Å². The molecule has 1 atom stereocenters. The second-order valence-electron chi connectivity index (χ2n) is 5.54. The first kappa shape index (κ1) is 14.5. The van der Waals surface area contributed by atoms with Crippen LogP contribution >= 0.6 is 0 Å². The SMILES string of the molecule is CCCC1CCCCN1Cc1cc(CN)ccc1F. The Morgan fingerprint density at radius 2 is 2.21 bits per heavy atom. The Morgan fingerprint density at radius 3 is 2.95 bits per heavy atom. The molecule has 1 aliphatic rings. The van der Waals surface area contributed by atoms with Crippen molar-refractivity contribution in [2.45, 2.75) is 58.2 Å². The van der Waals surface area contributed by atoms with Crippen molar-refractivity contribution in [2.24, 2.45) is 5.73 Å². The van der Waals surface area contributed by atoms with E-state index in [4.69, 9.17) is 5.73 Å². The van der Waals surface area contributed by atoms with E-state index in [2.05, 4.69) is 11.8 Å². The van der Waals surface area contributed by atoms with Gasteiger partial charge in [-0.3, -0.25) is 4.90 Å². The molecule has 0 amide bonds. The predicted octanol–water partition coefficient (Wildman–Crippen LogP) is 3.44. The van der Waals surface area contributed by atoms with E-state index in [9.17, 15) is 4.39 Å². The van der Waals surface area contributed by atoms with Gasteiger partial charge in [-0.2, -0.15) is 0 Å². The minimum atomic E-state index is -0.0991. The Balaban J connectivity index is 2.09. The number of piperidine rings is 1. The number of nitrogens with two attached hydrogens (primary N) is 1. The van der Waals surface area contributed by atoms with Gasteiger partial charge < -0.3 is 5.73 Å². The maximum Gasteiger partial charge on any atom is 0.127 e. The summed E-state index contributed by atoms with van der Waals surface area (Å²) in [5.41, 5.74) is 7.45. The third-order valence-corrected chi connectivity index (χ3v) is 4.09. The van der Waals surface area contributed by atoms with Crippen molar-refractivity contribution in [3.05, 3.63) is 35.1 Å². The molecule has 1 aliphatic heterocycles. The quantitative estimate of drug-likeness (QED) is 0.882. The summed E-state index contributed by atoms with van der Waals surface area (Å²) in [6, 6.07) is 5.88. The molecule has 19 heavy (non-hydrogen) atoms. The van der Waals surface area contributed by atoms with Crippen LogP contribution in [0.2, 0.25) is 0 Å². The van der Waals surface area contributed by atoms with E-state index in [0.29, 0.717) is 12.6 Å². The van der Waals surface area contributed by atoms with Crippen LogP contribution in [0.25, 0.3) is 0 Å². The fraction of sp³-hybridized carbons (Fsp3) is 0.625. The van der Waals surface area contributed by atoms with Gasteiger partial charge >= 0.3 is 0 Å². The first-order chi connectivity index (χ1) is 9.24. The van der Waals surface area contributed by atoms with Gasteiger partial charge in [0.1, 0.15) is 5.82 Å². The lowest BCUT2D eigenvalue weighted by Crippen LogP contribution is -2.39. The van der Waals surface area contributed by atoms with Crippen LogP contribution in [0, 0.1) is 5.82 Å². The van der Waals surface area contributed by atoms with E-state index in [1.54, 1.807) is 12.1 Å². The van der Waals surface area contributed by atoms with E-state index in [-0.39, 0.29) is 5.82 Å². The number of nitrogens with zero attached hydrogens (tertiary/aromatic N) is 1. The topological polar surface area (TPSA) is 29.3 Å². The van der Waals surface area contributed by atoms with E-state index >= 15 is 0 Å². The largest absolute Gasteiger partial charge is 0.326 e. The van der Waals surface area contributed by atoms with Gasteiger partial charge in [-0.1, -0.05) is 31.9 Å². The molecular weight excluding hydrogens is 239 g/mol. The maximum atomic E-state index is 13.9. The molecule has 2 N–H and O–H groups in total. The Hall–Kier alpha value is -0.930. The lowest BCUT2D eigenvalue weighted by atomic mass is 9.97. The van der Waals surface area contributed by atoms with E-state index in [0.717, 1.165) is 24.2 Å². The van der Waals surface area contributed by atoms with Gasteiger partial charge in [-0.25, -0.2) is 4.39 Å². The van der Waals surface area contributed by atoms with E-state index in [1.165, 1.54) is 32.1 Å². The lowest BCUT2D eigenvalue weighted by Gasteiger charge is -2.35. The number of likely N-dealkylation sites (tertiary alicyclic amines) is 1. The zero-order valence-electron chi connectivity index (χ0n) is 11.9. The van der Waals surface area contributed by atoms with Gasteiger partial charge in [-0.05, 0) is 37.4 Å². The highest BCUT2D eigenvalue weighted by Crippen LogP contribution is 2.24. The molecule has 0 spiro atoms. The predicted molar refractivity (Wildman–Crippen MR) is 77.2 cm³/mol. The molecule has 2 rings (SSSR count). The number of rotatable bonds is 5. The van der Waals surface area contributed by atoms with Crippen molar-refractivity contribution in [1.82, 2.24) is 4.90 Å². The van der Waals surface area contributed by atoms with Crippen molar-refractivity contribution >= 4 is 0 Å². The molecule has 106 valence electrons. The monoisotopic (exact) mass is 264 g/mol. The third-order valence-electron chi connectivity index (χ3n) is 4.09. The van der Waals surface area contributed by atoms with Gasteiger partial charge in [-0.15, -0.1) is 0 Å². The zero-order valence-corrected chi connectivity index (χ0v) is 11.9. The smallest absolute Gasteiger partial charge is 0.127 e. The Labute approximate surface area is 115 Å². The molecule has 1 fully saturated rings. The van der Waals surface area contributed by atoms with Gasteiger partial charge in [0.05, 0.1) is 0 Å². The molecule has 1 unspecified atom stereocenters. The van der Waals surface area contributed by atoms with Crippen LogP contribution in [0.4, 0.5) is 4.39 Å². The highest BCUT2D eigenvalue weighted by Gasteiger charge is 2.22. The minimum absolute atomic E-state index is 0.0991. The average molecular weight is 264 g/mol. The zero-order chi connectivity index (χ0) is 13.7. The first-order valence-corrected chi connectivity index (χ1v) is 7.46. The van der Waals surface area contributed by atoms with Crippen molar-refractivity contribution in [1.29, 1.82) is 0 Å². The summed E-state index contributed by atoms with van der Waals surface area (Å²) in [7, 11) is 0. The molecule has 0 radical (unpaired) electrons. The summed E-state index contributed by atoms with van der Waals surface area (Å²) in [6.07, 6.45) is 6.22. The van der Waals surface area contributed by atoms with Crippen LogP contribution in [0.5, 0.6) is 0 Å². The van der Waals surface area contributed by atoms with Crippen LogP contribution < -0.4 is 5.73 Å². The highest BCUT2D eigenvalue weighted by atomic mass is 19.1. The number of benzene rings is 1. The van der Waals surface area contributed by atoms with Crippen molar-refractivity contribution in [3.8, 4) is 0 Å². The summed E-state index contributed by atoms with van der Waals surface area (Å²) < 4.78 is 13.9. The molecule has 1 aromatic rings. The molecule has 1 saturated heterocycles. The summed E-state index contributed by atoms with van der Waals surface area (Å²) in [5, 5.41) is 0. The Bertz CT molecular complexity index is 404. The second-order valence-corrected chi connectivity index (χ2v) is 5.54. The van der Waals surface area contributed by atoms with Crippen LogP contribution in [0.15, 0.2) is 18.2 Å². The van der Waals surface area contributed by atoms with Gasteiger partial charge in [0.25, 0.3) is 0 Å². The van der Waals surface area contributed by atoms with Gasteiger partial charge in [0, 0.05) is 24.7 Å². The molecule has 0 bridgehead atoms. The standard InChI is InChI=1S/C16H25FN2/c1-2-5-15-6-3-4-9-19(15)12-14-10-13(11-18)7-8-16(14)17/h7-8,10,15H,2-6,9,11-12,18H2,1H3. The molecule has 3 heteroatoms. The average Bonchev–Trinajstić information content (AvgIpc) is 2.43. The molecule has 0 saturated carbocycles. The summed E-state index contributed by atoms with van der Waals surface area (Å²) in [6.45, 7) is 4.52. The lowest BCUT2D eigenvalue weighted by molar-refractivity contribution is 0.130. The van der Waals surface area contributed by atoms with Crippen LogP contribution in [-0.2, 0) is 13.1 Å². The summed E-state index contributed by atoms with van der Waals surface area (Å²) >= 11 is 0. The summed E-state index contributed by atoms with van der Waals surface area (Å²) in [5.74, 6) is -0.0991. The van der Waals surface area contributed by atoms with Crippen molar-refractivity contribution < 1.29 is 4.39 Å². The Kier molecular flexibility index (Phi) is 5.34. The molecular formula is C16H25FN2. The number of hydrogen-bond donors (Lipinski definition) is 1. The van der Waals surface area contributed by atoms with Gasteiger partial charge in [0.15, 0.2) is 0 Å². The summed E-state index contributed by atoms with van der Waals surface area (Å²) in [4.78, 5) is 2.45. The van der Waals surface area contributed by atoms with Crippen molar-refractivity contribution in [3.63, 3.8) is 0 Å². The fourth-order valence-corrected chi connectivity index (χ4v) is 3.02. The van der Waals surface area contributed by atoms with E-state index < -0.39 is 0 Å². The minimum Gasteiger partial charge on any atom is -0.326 e. The highest BCUT2D eigenvalue weighted by molar-refractivity contribution is 5.25. The normalized spacial score (nSPS) is 20.7. The molecule has 2 nitrogen and oxygen atoms in total. The van der Waals surface area contributed by atoms with E-state index in [1.807, 2.05) is 6.07 Å². The van der Waals surface area contributed by atoms with Crippen LogP contribution in [-0.4, -0.2) is 17.5 Å². The second kappa shape index (κ2) is 7.01. The number of hydrogen-bond acceptors (Lipinski definition) is 2. The first-order valence-electron chi connectivity index (χ1n) is 7.46. The molecule has 0 aromatic heterocycles.